The van der Waals surface area contributed by atoms with Gasteiger partial charge in [0.1, 0.15) is 0 Å². The average molecular weight is 276 g/mol. The van der Waals surface area contributed by atoms with Crippen molar-refractivity contribution in [1.82, 2.24) is 0 Å². The molecular weight excluding hydrogens is 248 g/mol. The van der Waals surface area contributed by atoms with E-state index in [2.05, 4.69) is 71.1 Å². The van der Waals surface area contributed by atoms with Crippen molar-refractivity contribution in [2.24, 2.45) is 5.41 Å². The van der Waals surface area contributed by atoms with Gasteiger partial charge in [-0.3, -0.25) is 0 Å². The Morgan fingerprint density at radius 3 is 2.21 bits per heavy atom. The van der Waals surface area contributed by atoms with E-state index in [1.807, 2.05) is 0 Å². The predicted octanol–water partition coefficient (Wildman–Crippen LogP) is 4.20. The smallest absolute Gasteiger partial charge is 0.0834 e. The van der Waals surface area contributed by atoms with Gasteiger partial charge in [0, 0.05) is 0 Å². The molecular formula is C17H28OSi. The number of rotatable bonds is 3. The molecule has 0 unspecified atom stereocenters. The van der Waals surface area contributed by atoms with Crippen LogP contribution in [-0.4, -0.2) is 19.8 Å². The van der Waals surface area contributed by atoms with Gasteiger partial charge in [0.25, 0.3) is 0 Å². The first-order valence-electron chi connectivity index (χ1n) is 7.40. The SMILES string of the molecule is C[C@H]1CC(C)(C)[C@](C)(C[Si](C)(C)c2ccccc2)O1. The quantitative estimate of drug-likeness (QED) is 0.752. The van der Waals surface area contributed by atoms with Gasteiger partial charge in [-0.05, 0) is 31.7 Å². The standard InChI is InChI=1S/C17H28OSi/c1-14-12-16(2,3)17(4,18-14)13-19(5,6)15-10-8-7-9-11-15/h7-11,14H,12-13H2,1-6H3/t14-,17-/m0/s1. The van der Waals surface area contributed by atoms with E-state index in [4.69, 9.17) is 4.74 Å². The summed E-state index contributed by atoms with van der Waals surface area (Å²) in [6, 6.07) is 12.2. The molecule has 0 radical (unpaired) electrons. The molecule has 19 heavy (non-hydrogen) atoms. The van der Waals surface area contributed by atoms with Crippen molar-refractivity contribution >= 4 is 13.3 Å². The highest BCUT2D eigenvalue weighted by molar-refractivity contribution is 6.90. The van der Waals surface area contributed by atoms with Crippen molar-refractivity contribution in [3.05, 3.63) is 30.3 Å². The highest BCUT2D eigenvalue weighted by atomic mass is 28.3. The summed E-state index contributed by atoms with van der Waals surface area (Å²) < 4.78 is 6.36. The van der Waals surface area contributed by atoms with Crippen molar-refractivity contribution in [2.45, 2.75) is 65.0 Å². The maximum Gasteiger partial charge on any atom is 0.0834 e. The van der Waals surface area contributed by atoms with Crippen LogP contribution >= 0.6 is 0 Å². The topological polar surface area (TPSA) is 9.23 Å². The largest absolute Gasteiger partial charge is 0.372 e. The van der Waals surface area contributed by atoms with Crippen LogP contribution in [0.4, 0.5) is 0 Å². The predicted molar refractivity (Wildman–Crippen MR) is 85.7 cm³/mol. The molecule has 1 aliphatic heterocycles. The Kier molecular flexibility index (Phi) is 3.70. The first kappa shape index (κ1) is 14.8. The van der Waals surface area contributed by atoms with Gasteiger partial charge in [-0.15, -0.1) is 0 Å². The summed E-state index contributed by atoms with van der Waals surface area (Å²) >= 11 is 0. The van der Waals surface area contributed by atoms with E-state index in [1.165, 1.54) is 17.7 Å². The maximum absolute atomic E-state index is 6.36. The van der Waals surface area contributed by atoms with E-state index in [9.17, 15) is 0 Å². The third-order valence-corrected chi connectivity index (χ3v) is 8.48. The van der Waals surface area contributed by atoms with Crippen molar-refractivity contribution < 1.29 is 4.74 Å². The van der Waals surface area contributed by atoms with Gasteiger partial charge in [0.15, 0.2) is 0 Å². The summed E-state index contributed by atoms with van der Waals surface area (Å²) in [7, 11) is -1.46. The van der Waals surface area contributed by atoms with Crippen LogP contribution in [0.3, 0.4) is 0 Å². The summed E-state index contributed by atoms with van der Waals surface area (Å²) in [6.45, 7) is 14.2. The van der Waals surface area contributed by atoms with E-state index in [-0.39, 0.29) is 11.0 Å². The molecule has 1 aliphatic rings. The van der Waals surface area contributed by atoms with Crippen LogP contribution in [-0.2, 0) is 4.74 Å². The third-order valence-electron chi connectivity index (χ3n) is 5.03. The first-order valence-corrected chi connectivity index (χ1v) is 10.6. The first-order chi connectivity index (χ1) is 8.66. The molecule has 1 aromatic carbocycles. The summed E-state index contributed by atoms with van der Waals surface area (Å²) in [5, 5.41) is 1.54. The summed E-state index contributed by atoms with van der Waals surface area (Å²) in [5.74, 6) is 0. The zero-order valence-corrected chi connectivity index (χ0v) is 14.3. The lowest BCUT2D eigenvalue weighted by Crippen LogP contribution is -2.51. The van der Waals surface area contributed by atoms with Gasteiger partial charge in [0.05, 0.1) is 19.8 Å². The molecule has 0 bridgehead atoms. The van der Waals surface area contributed by atoms with Gasteiger partial charge < -0.3 is 4.74 Å². The summed E-state index contributed by atoms with van der Waals surface area (Å²) in [5.41, 5.74) is 0.281. The van der Waals surface area contributed by atoms with Crippen LogP contribution in [0.15, 0.2) is 30.3 Å². The minimum absolute atomic E-state index is 0.0119. The zero-order valence-electron chi connectivity index (χ0n) is 13.3. The van der Waals surface area contributed by atoms with E-state index in [0.29, 0.717) is 6.10 Å². The molecule has 1 nitrogen and oxygen atoms in total. The number of benzene rings is 1. The van der Waals surface area contributed by atoms with Crippen molar-refractivity contribution in [1.29, 1.82) is 0 Å². The lowest BCUT2D eigenvalue weighted by Gasteiger charge is -2.42. The fraction of sp³-hybridized carbons (Fsp3) is 0.647. The lowest BCUT2D eigenvalue weighted by molar-refractivity contribution is -0.0462. The van der Waals surface area contributed by atoms with Gasteiger partial charge in [-0.25, -0.2) is 0 Å². The molecule has 106 valence electrons. The van der Waals surface area contributed by atoms with Crippen LogP contribution in [0.1, 0.15) is 34.1 Å². The van der Waals surface area contributed by atoms with E-state index >= 15 is 0 Å². The van der Waals surface area contributed by atoms with Gasteiger partial charge in [0.2, 0.25) is 0 Å². The van der Waals surface area contributed by atoms with E-state index in [1.54, 1.807) is 0 Å². The normalized spacial score (nSPS) is 30.5. The van der Waals surface area contributed by atoms with E-state index in [0.717, 1.165) is 0 Å². The Hall–Kier alpha value is -0.603. The fourth-order valence-electron chi connectivity index (χ4n) is 3.70. The molecule has 0 amide bonds. The Bertz CT molecular complexity index is 438. The maximum atomic E-state index is 6.36. The molecule has 2 atom stereocenters. The number of ether oxygens (including phenoxy) is 1. The zero-order chi connectivity index (χ0) is 14.3. The molecule has 0 spiro atoms. The molecule has 0 aliphatic carbocycles. The molecule has 1 fully saturated rings. The highest BCUT2D eigenvalue weighted by Gasteiger charge is 2.52. The van der Waals surface area contributed by atoms with Crippen LogP contribution in [0, 0.1) is 5.41 Å². The van der Waals surface area contributed by atoms with Crippen molar-refractivity contribution in [3.63, 3.8) is 0 Å². The van der Waals surface area contributed by atoms with Crippen LogP contribution in [0.25, 0.3) is 0 Å². The number of hydrogen-bond acceptors (Lipinski definition) is 1. The third kappa shape index (κ3) is 2.80. The number of hydrogen-bond donors (Lipinski definition) is 0. The monoisotopic (exact) mass is 276 g/mol. The molecule has 1 aromatic rings. The molecule has 1 saturated heterocycles. The van der Waals surface area contributed by atoms with Crippen LogP contribution in [0.5, 0.6) is 0 Å². The highest BCUT2D eigenvalue weighted by Crippen LogP contribution is 2.49. The second-order valence-corrected chi connectivity index (χ2v) is 12.4. The van der Waals surface area contributed by atoms with Crippen molar-refractivity contribution in [2.75, 3.05) is 0 Å². The van der Waals surface area contributed by atoms with Crippen LogP contribution in [0.2, 0.25) is 19.1 Å². The summed E-state index contributed by atoms with van der Waals surface area (Å²) in [6.07, 6.45) is 1.56. The Morgan fingerprint density at radius 1 is 1.16 bits per heavy atom. The second-order valence-electron chi connectivity index (χ2n) is 7.67. The molecule has 0 aromatic heterocycles. The molecule has 2 heteroatoms. The van der Waals surface area contributed by atoms with E-state index < -0.39 is 8.07 Å². The summed E-state index contributed by atoms with van der Waals surface area (Å²) in [4.78, 5) is 0. The molecule has 0 N–H and O–H groups in total. The minimum Gasteiger partial charge on any atom is -0.372 e. The Labute approximate surface area is 119 Å². The lowest BCUT2D eigenvalue weighted by atomic mass is 9.76. The van der Waals surface area contributed by atoms with Gasteiger partial charge in [-0.1, -0.05) is 62.5 Å². The fourth-order valence-corrected chi connectivity index (χ4v) is 7.24. The molecule has 0 saturated carbocycles. The Morgan fingerprint density at radius 2 is 1.74 bits per heavy atom. The Balaban J connectivity index is 2.25. The second kappa shape index (κ2) is 4.74. The minimum atomic E-state index is -1.46. The molecule has 1 heterocycles. The average Bonchev–Trinajstić information content (AvgIpc) is 2.47. The van der Waals surface area contributed by atoms with Crippen LogP contribution < -0.4 is 5.19 Å². The van der Waals surface area contributed by atoms with Gasteiger partial charge in [-0.2, -0.15) is 0 Å². The molecule has 2 rings (SSSR count). The van der Waals surface area contributed by atoms with Gasteiger partial charge >= 0.3 is 0 Å². The van der Waals surface area contributed by atoms with Crippen molar-refractivity contribution in [3.8, 4) is 0 Å².